The third-order valence-electron chi connectivity index (χ3n) is 10.1. The van der Waals surface area contributed by atoms with Crippen molar-refractivity contribution in [2.45, 2.75) is 89.6 Å². The van der Waals surface area contributed by atoms with E-state index in [0.29, 0.717) is 55.6 Å². The van der Waals surface area contributed by atoms with E-state index < -0.39 is 17.8 Å². The topological polar surface area (TPSA) is 113 Å². The number of unbranched alkanes of at least 4 members (excludes halogenated alkanes) is 1. The molecule has 8 nitrogen and oxygen atoms in total. The van der Waals surface area contributed by atoms with Crippen LogP contribution in [0.4, 0.5) is 24.0 Å². The van der Waals surface area contributed by atoms with Gasteiger partial charge < -0.3 is 20.7 Å². The zero-order chi connectivity index (χ0) is 31.5. The molecular weight excluding hydrogens is 599 g/mol. The van der Waals surface area contributed by atoms with Gasteiger partial charge >= 0.3 is 6.01 Å². The van der Waals surface area contributed by atoms with Crippen LogP contribution in [-0.2, 0) is 0 Å². The van der Waals surface area contributed by atoms with Gasteiger partial charge in [0.1, 0.15) is 46.2 Å². The molecule has 45 heavy (non-hydrogen) atoms. The number of nitrogen functional groups attached to an aromatic ring is 1. The molecule has 3 aliphatic rings. The average Bonchev–Trinajstić information content (AvgIpc) is 3.70. The molecule has 1 aliphatic carbocycles. The monoisotopic (exact) mass is 635 g/mol. The Morgan fingerprint density at radius 3 is 2.69 bits per heavy atom. The highest BCUT2D eigenvalue weighted by molar-refractivity contribution is 7.23. The number of alkyl halides is 1. The van der Waals surface area contributed by atoms with Crippen LogP contribution >= 0.6 is 11.3 Å². The molecule has 3 fully saturated rings. The van der Waals surface area contributed by atoms with Crippen molar-refractivity contribution in [3.05, 3.63) is 35.5 Å². The van der Waals surface area contributed by atoms with Crippen molar-refractivity contribution in [1.82, 2.24) is 20.3 Å². The fourth-order valence-electron chi connectivity index (χ4n) is 7.67. The van der Waals surface area contributed by atoms with Gasteiger partial charge in [-0.3, -0.25) is 4.98 Å². The van der Waals surface area contributed by atoms with Crippen LogP contribution in [0.5, 0.6) is 6.01 Å². The average molecular weight is 636 g/mol. The van der Waals surface area contributed by atoms with Crippen LogP contribution in [0.15, 0.2) is 18.3 Å². The number of nitriles is 1. The summed E-state index contributed by atoms with van der Waals surface area (Å²) in [7, 11) is 0. The summed E-state index contributed by atoms with van der Waals surface area (Å²) >= 11 is 0.947. The minimum atomic E-state index is -0.875. The number of aromatic nitrogens is 3. The zero-order valence-electron chi connectivity index (χ0n) is 25.4. The van der Waals surface area contributed by atoms with Crippen LogP contribution in [0, 0.1) is 28.4 Å². The van der Waals surface area contributed by atoms with Gasteiger partial charge in [-0.05, 0) is 57.6 Å². The molecule has 0 spiro atoms. The van der Waals surface area contributed by atoms with Crippen LogP contribution in [0.25, 0.3) is 32.2 Å². The lowest BCUT2D eigenvalue weighted by atomic mass is 9.76. The number of ether oxygens (including phenoxy) is 1. The molecule has 236 valence electrons. The summed E-state index contributed by atoms with van der Waals surface area (Å²) in [6.45, 7) is 5.46. The van der Waals surface area contributed by atoms with E-state index in [-0.39, 0.29) is 55.0 Å². The van der Waals surface area contributed by atoms with E-state index in [4.69, 9.17) is 15.5 Å². The summed E-state index contributed by atoms with van der Waals surface area (Å²) in [5.41, 5.74) is 5.99. The van der Waals surface area contributed by atoms with E-state index in [1.165, 1.54) is 12.1 Å². The molecular formula is C33H36F3N7OS. The van der Waals surface area contributed by atoms with Crippen LogP contribution in [0.3, 0.4) is 0 Å². The molecule has 5 heterocycles. The van der Waals surface area contributed by atoms with E-state index >= 15 is 4.39 Å². The highest BCUT2D eigenvalue weighted by Gasteiger charge is 2.45. The molecule has 2 bridgehead atoms. The van der Waals surface area contributed by atoms with Gasteiger partial charge in [-0.2, -0.15) is 15.2 Å². The third-order valence-corrected chi connectivity index (χ3v) is 11.1. The summed E-state index contributed by atoms with van der Waals surface area (Å²) in [5, 5.41) is 14.2. The maximum Gasteiger partial charge on any atom is 0.319 e. The summed E-state index contributed by atoms with van der Waals surface area (Å²) in [5.74, 6) is -0.730. The Labute approximate surface area is 263 Å². The molecule has 3 aromatic heterocycles. The first-order chi connectivity index (χ1) is 21.7. The molecule has 0 radical (unpaired) electrons. The highest BCUT2D eigenvalue weighted by Crippen LogP contribution is 2.48. The molecule has 1 aromatic carbocycles. The van der Waals surface area contributed by atoms with Crippen LogP contribution in [0.2, 0.25) is 0 Å². The number of hydrogen-bond acceptors (Lipinski definition) is 9. The Bertz CT molecular complexity index is 1810. The summed E-state index contributed by atoms with van der Waals surface area (Å²) in [4.78, 5) is 16.1. The fraction of sp³-hybridized carbons (Fsp3) is 0.515. The molecule has 0 amide bonds. The lowest BCUT2D eigenvalue weighted by molar-refractivity contribution is 0.0422. The third kappa shape index (κ3) is 5.14. The van der Waals surface area contributed by atoms with Crippen molar-refractivity contribution < 1.29 is 17.9 Å². The maximum atomic E-state index is 16.8. The first-order valence-corrected chi connectivity index (χ1v) is 16.6. The fourth-order valence-corrected chi connectivity index (χ4v) is 8.62. The van der Waals surface area contributed by atoms with Gasteiger partial charge in [0.2, 0.25) is 0 Å². The van der Waals surface area contributed by atoms with Gasteiger partial charge in [0.15, 0.2) is 5.82 Å². The van der Waals surface area contributed by atoms with Gasteiger partial charge in [-0.1, -0.05) is 19.8 Å². The van der Waals surface area contributed by atoms with Gasteiger partial charge in [-0.15, -0.1) is 11.3 Å². The molecule has 4 aromatic rings. The number of anilines is 2. The van der Waals surface area contributed by atoms with Crippen LogP contribution < -0.4 is 20.7 Å². The summed E-state index contributed by atoms with van der Waals surface area (Å²) in [6, 6.07) is 5.32. The predicted molar refractivity (Wildman–Crippen MR) is 170 cm³/mol. The van der Waals surface area contributed by atoms with Gasteiger partial charge in [0.05, 0.1) is 15.6 Å². The second-order valence-electron chi connectivity index (χ2n) is 12.9. The Morgan fingerprint density at radius 2 is 2.00 bits per heavy atom. The first-order valence-electron chi connectivity index (χ1n) is 15.8. The predicted octanol–water partition coefficient (Wildman–Crippen LogP) is 7.05. The van der Waals surface area contributed by atoms with E-state index in [1.807, 2.05) is 13.0 Å². The molecule has 5 atom stereocenters. The number of thiophene rings is 1. The van der Waals surface area contributed by atoms with E-state index in [0.717, 1.165) is 43.4 Å². The summed E-state index contributed by atoms with van der Waals surface area (Å²) in [6.07, 6.45) is 6.81. The van der Waals surface area contributed by atoms with Gasteiger partial charge in [0.25, 0.3) is 0 Å². The number of benzene rings is 1. The van der Waals surface area contributed by atoms with E-state index in [9.17, 15) is 14.0 Å². The van der Waals surface area contributed by atoms with Gasteiger partial charge in [-0.25, -0.2) is 13.2 Å². The largest absolute Gasteiger partial charge is 0.460 e. The normalized spacial score (nSPS) is 25.2. The number of piperazine rings is 1. The number of nitrogens with zero attached hydrogens (tertiary/aromatic N) is 5. The molecule has 12 heteroatoms. The Kier molecular flexibility index (Phi) is 7.72. The van der Waals surface area contributed by atoms with Crippen molar-refractivity contribution in [3.8, 4) is 23.3 Å². The number of fused-ring (bicyclic) bond motifs is 4. The Morgan fingerprint density at radius 1 is 1.22 bits per heavy atom. The maximum absolute atomic E-state index is 16.8. The van der Waals surface area contributed by atoms with Crippen molar-refractivity contribution in [2.75, 3.05) is 23.7 Å². The van der Waals surface area contributed by atoms with Crippen molar-refractivity contribution in [2.24, 2.45) is 5.41 Å². The lowest BCUT2D eigenvalue weighted by Crippen LogP contribution is -2.51. The zero-order valence-corrected chi connectivity index (χ0v) is 26.2. The van der Waals surface area contributed by atoms with Crippen LogP contribution in [-0.4, -0.2) is 52.4 Å². The summed E-state index contributed by atoms with van der Waals surface area (Å²) < 4.78 is 52.8. The minimum Gasteiger partial charge on any atom is -0.460 e. The number of nitrogens with one attached hydrogen (secondary N) is 1. The Balaban J connectivity index is 1.37. The van der Waals surface area contributed by atoms with E-state index in [1.54, 1.807) is 6.20 Å². The minimum absolute atomic E-state index is 0.0228. The molecule has 2 saturated heterocycles. The second kappa shape index (κ2) is 11.6. The van der Waals surface area contributed by atoms with E-state index in [2.05, 4.69) is 27.1 Å². The number of pyridine rings is 1. The number of nitrogens with two attached hydrogens (primary N) is 1. The number of rotatable bonds is 8. The van der Waals surface area contributed by atoms with Crippen molar-refractivity contribution in [1.29, 1.82) is 5.26 Å². The second-order valence-corrected chi connectivity index (χ2v) is 13.9. The van der Waals surface area contributed by atoms with Crippen molar-refractivity contribution >= 4 is 43.1 Å². The molecule has 3 N–H and O–H groups in total. The molecule has 2 aliphatic heterocycles. The lowest BCUT2D eigenvalue weighted by Gasteiger charge is -2.36. The molecule has 1 saturated carbocycles. The van der Waals surface area contributed by atoms with Crippen LogP contribution in [0.1, 0.15) is 70.8 Å². The Hall–Kier alpha value is -3.69. The van der Waals surface area contributed by atoms with Crippen molar-refractivity contribution in [3.63, 3.8) is 0 Å². The first kappa shape index (κ1) is 30.0. The molecule has 7 rings (SSSR count). The van der Waals surface area contributed by atoms with Gasteiger partial charge in [0, 0.05) is 47.7 Å². The highest BCUT2D eigenvalue weighted by atomic mass is 32.1. The quantitative estimate of drug-likeness (QED) is 0.212. The standard InChI is InChI=1S/C33H36F3N7OS/c1-3-4-10-33(11-9-18(34)12-33)17(2)44-32-41-28-23(31(42-32)43-15-19-5-6-20(16-43)40-19)14-39-27(26(28)36)21-7-8-24(35)29-25(21)22(13-37)30(38)45-29/h7-8,14,17-20,40H,3-6,9-12,15-16,38H2,1-2H3/t17?,18-,19?,20?,33-/m0/s1. The number of halogens is 3. The number of hydrogen-bond donors (Lipinski definition) is 2. The SMILES string of the molecule is CCCC[C@]1(C(C)Oc2nc(N3CC4CCC(C3)N4)c3cnc(-c4ccc(F)c5sc(N)c(C#N)c45)c(F)c3n2)CC[C@H](F)C1. The smallest absolute Gasteiger partial charge is 0.319 e. The molecule has 3 unspecified atom stereocenters.